The summed E-state index contributed by atoms with van der Waals surface area (Å²) in [7, 11) is 0. The number of fused-ring (bicyclic) bond motifs is 1. The van der Waals surface area contributed by atoms with Crippen LogP contribution in [0.15, 0.2) is 6.33 Å². The molecule has 7 heteroatoms. The molecule has 7 nitrogen and oxygen atoms in total. The van der Waals surface area contributed by atoms with Crippen molar-refractivity contribution in [1.29, 1.82) is 0 Å². The van der Waals surface area contributed by atoms with Gasteiger partial charge in [0.25, 0.3) is 0 Å². The number of ether oxygens (including phenoxy) is 2. The fraction of sp³-hybridized carbons (Fsp3) is 0.615. The number of nitrogens with two attached hydrogens (primary N) is 1. The fourth-order valence-corrected chi connectivity index (χ4v) is 2.50. The molecule has 1 saturated heterocycles. The van der Waals surface area contributed by atoms with E-state index in [1.54, 1.807) is 6.33 Å². The van der Waals surface area contributed by atoms with E-state index in [1.165, 1.54) is 0 Å². The highest BCUT2D eigenvalue weighted by molar-refractivity contribution is 5.77. The maximum absolute atomic E-state index is 5.85. The molecule has 108 valence electrons. The van der Waals surface area contributed by atoms with Gasteiger partial charge in [-0.05, 0) is 12.8 Å². The van der Waals surface area contributed by atoms with Crippen LogP contribution in [0.4, 0.5) is 5.95 Å². The molecule has 1 aliphatic rings. The van der Waals surface area contributed by atoms with Crippen LogP contribution in [0, 0.1) is 11.8 Å². The molecule has 0 spiro atoms. The summed E-state index contributed by atoms with van der Waals surface area (Å²) in [6.45, 7) is 7.49. The van der Waals surface area contributed by atoms with Gasteiger partial charge in [-0.15, -0.1) is 0 Å². The first-order chi connectivity index (χ1) is 9.61. The molecule has 3 unspecified atom stereocenters. The number of aromatic nitrogens is 4. The standard InChI is InChI=1S/C13H19N5O2/c1-4-19-11-9-10(16-13(14)17-11)18(6-15-9)12-8(3)7(2)5-20-12/h6-8,12H,4-5H2,1-3H3,(H2,14,16,17). The van der Waals surface area contributed by atoms with Gasteiger partial charge in [-0.2, -0.15) is 9.97 Å². The second-order valence-corrected chi connectivity index (χ2v) is 5.20. The summed E-state index contributed by atoms with van der Waals surface area (Å²) >= 11 is 0. The Bertz CT molecular complexity index is 626. The molecular formula is C13H19N5O2. The van der Waals surface area contributed by atoms with Crippen LogP contribution in [0.25, 0.3) is 11.2 Å². The van der Waals surface area contributed by atoms with Crippen LogP contribution >= 0.6 is 0 Å². The second kappa shape index (κ2) is 4.90. The average Bonchev–Trinajstić information content (AvgIpc) is 2.95. The van der Waals surface area contributed by atoms with Crippen LogP contribution in [-0.4, -0.2) is 32.7 Å². The number of rotatable bonds is 3. The van der Waals surface area contributed by atoms with E-state index in [2.05, 4.69) is 28.8 Å². The highest BCUT2D eigenvalue weighted by Gasteiger charge is 2.33. The Hall–Kier alpha value is -1.89. The predicted molar refractivity (Wildman–Crippen MR) is 74.2 cm³/mol. The summed E-state index contributed by atoms with van der Waals surface area (Å²) < 4.78 is 13.2. The van der Waals surface area contributed by atoms with E-state index in [0.29, 0.717) is 35.5 Å². The highest BCUT2D eigenvalue weighted by Crippen LogP contribution is 2.36. The van der Waals surface area contributed by atoms with E-state index < -0.39 is 0 Å². The third kappa shape index (κ3) is 1.98. The van der Waals surface area contributed by atoms with Gasteiger partial charge < -0.3 is 15.2 Å². The summed E-state index contributed by atoms with van der Waals surface area (Å²) in [5, 5.41) is 0. The lowest BCUT2D eigenvalue weighted by molar-refractivity contribution is 0.0393. The zero-order valence-corrected chi connectivity index (χ0v) is 11.9. The molecule has 0 bridgehead atoms. The van der Waals surface area contributed by atoms with Gasteiger partial charge >= 0.3 is 0 Å². The van der Waals surface area contributed by atoms with Gasteiger partial charge in [0.1, 0.15) is 6.23 Å². The number of anilines is 1. The first kappa shape index (κ1) is 13.1. The minimum Gasteiger partial charge on any atom is -0.476 e. The van der Waals surface area contributed by atoms with Gasteiger partial charge in [0, 0.05) is 5.92 Å². The molecule has 3 atom stereocenters. The number of nitrogen functional groups attached to an aromatic ring is 1. The number of nitrogens with zero attached hydrogens (tertiary/aromatic N) is 4. The summed E-state index contributed by atoms with van der Waals surface area (Å²) in [5.74, 6) is 1.50. The Morgan fingerprint density at radius 3 is 2.90 bits per heavy atom. The van der Waals surface area contributed by atoms with Crippen molar-refractivity contribution < 1.29 is 9.47 Å². The molecule has 0 amide bonds. The van der Waals surface area contributed by atoms with Crippen molar-refractivity contribution >= 4 is 17.1 Å². The summed E-state index contributed by atoms with van der Waals surface area (Å²) in [5.41, 5.74) is 7.04. The molecule has 3 heterocycles. The molecule has 20 heavy (non-hydrogen) atoms. The molecule has 0 aromatic carbocycles. The Balaban J connectivity index is 2.09. The summed E-state index contributed by atoms with van der Waals surface area (Å²) in [6.07, 6.45) is 1.65. The smallest absolute Gasteiger partial charge is 0.247 e. The van der Waals surface area contributed by atoms with Crippen molar-refractivity contribution in [3.8, 4) is 5.88 Å². The molecule has 0 aliphatic carbocycles. The van der Waals surface area contributed by atoms with Gasteiger partial charge in [-0.3, -0.25) is 4.57 Å². The van der Waals surface area contributed by atoms with E-state index in [-0.39, 0.29) is 12.2 Å². The van der Waals surface area contributed by atoms with Crippen molar-refractivity contribution in [3.05, 3.63) is 6.33 Å². The van der Waals surface area contributed by atoms with E-state index in [0.717, 1.165) is 6.61 Å². The molecule has 1 fully saturated rings. The van der Waals surface area contributed by atoms with Crippen LogP contribution in [0.1, 0.15) is 27.0 Å². The first-order valence-corrected chi connectivity index (χ1v) is 6.86. The zero-order valence-electron chi connectivity index (χ0n) is 11.9. The van der Waals surface area contributed by atoms with Crippen molar-refractivity contribution in [3.63, 3.8) is 0 Å². The topological polar surface area (TPSA) is 88.1 Å². The molecule has 2 aromatic rings. The zero-order chi connectivity index (χ0) is 14.3. The maximum Gasteiger partial charge on any atom is 0.247 e. The van der Waals surface area contributed by atoms with Gasteiger partial charge in [0.15, 0.2) is 11.2 Å². The van der Waals surface area contributed by atoms with Crippen LogP contribution in [0.2, 0.25) is 0 Å². The van der Waals surface area contributed by atoms with Crippen LogP contribution in [0.5, 0.6) is 5.88 Å². The minimum atomic E-state index is -0.0706. The van der Waals surface area contributed by atoms with E-state index in [4.69, 9.17) is 15.2 Å². The Morgan fingerprint density at radius 2 is 2.25 bits per heavy atom. The third-order valence-electron chi connectivity index (χ3n) is 3.84. The summed E-state index contributed by atoms with van der Waals surface area (Å²) in [6, 6.07) is 0. The van der Waals surface area contributed by atoms with Crippen molar-refractivity contribution in [2.75, 3.05) is 18.9 Å². The number of hydrogen-bond donors (Lipinski definition) is 1. The lowest BCUT2D eigenvalue weighted by Gasteiger charge is -2.18. The predicted octanol–water partition coefficient (Wildman–Crippen LogP) is 1.61. The number of imidazole rings is 1. The molecular weight excluding hydrogens is 258 g/mol. The quantitative estimate of drug-likeness (QED) is 0.917. The second-order valence-electron chi connectivity index (χ2n) is 5.20. The SMILES string of the molecule is CCOc1nc(N)nc2c1ncn2C1OCC(C)C1C. The van der Waals surface area contributed by atoms with E-state index >= 15 is 0 Å². The molecule has 2 aromatic heterocycles. The lowest BCUT2D eigenvalue weighted by Crippen LogP contribution is -2.15. The Morgan fingerprint density at radius 1 is 1.45 bits per heavy atom. The van der Waals surface area contributed by atoms with E-state index in [1.807, 2.05) is 11.5 Å². The molecule has 0 radical (unpaired) electrons. The van der Waals surface area contributed by atoms with Crippen LogP contribution < -0.4 is 10.5 Å². The average molecular weight is 277 g/mol. The van der Waals surface area contributed by atoms with Crippen LogP contribution in [0.3, 0.4) is 0 Å². The fourth-order valence-electron chi connectivity index (χ4n) is 2.50. The molecule has 3 rings (SSSR count). The summed E-state index contributed by atoms with van der Waals surface area (Å²) in [4.78, 5) is 12.7. The first-order valence-electron chi connectivity index (χ1n) is 6.86. The van der Waals surface area contributed by atoms with Gasteiger partial charge in [0.2, 0.25) is 11.8 Å². The maximum atomic E-state index is 5.85. The van der Waals surface area contributed by atoms with Crippen LogP contribution in [-0.2, 0) is 4.74 Å². The van der Waals surface area contributed by atoms with E-state index in [9.17, 15) is 0 Å². The molecule has 2 N–H and O–H groups in total. The third-order valence-corrected chi connectivity index (χ3v) is 3.84. The lowest BCUT2D eigenvalue weighted by atomic mass is 9.98. The highest BCUT2D eigenvalue weighted by atomic mass is 16.5. The van der Waals surface area contributed by atoms with Crippen molar-refractivity contribution in [1.82, 2.24) is 19.5 Å². The van der Waals surface area contributed by atoms with Crippen molar-refractivity contribution in [2.24, 2.45) is 11.8 Å². The molecule has 1 aliphatic heterocycles. The van der Waals surface area contributed by atoms with Gasteiger partial charge in [-0.25, -0.2) is 4.98 Å². The number of hydrogen-bond acceptors (Lipinski definition) is 6. The van der Waals surface area contributed by atoms with Gasteiger partial charge in [0.05, 0.1) is 19.5 Å². The van der Waals surface area contributed by atoms with Gasteiger partial charge in [-0.1, -0.05) is 13.8 Å². The molecule has 0 saturated carbocycles. The van der Waals surface area contributed by atoms with Crippen molar-refractivity contribution in [2.45, 2.75) is 27.0 Å². The Kier molecular flexibility index (Phi) is 3.21. The Labute approximate surface area is 117 Å². The minimum absolute atomic E-state index is 0.0706. The normalized spacial score (nSPS) is 26.2. The monoisotopic (exact) mass is 277 g/mol. The largest absolute Gasteiger partial charge is 0.476 e.